The van der Waals surface area contributed by atoms with Gasteiger partial charge in [0, 0.05) is 24.5 Å². The van der Waals surface area contributed by atoms with Gasteiger partial charge in [0.05, 0.1) is 11.0 Å². The fourth-order valence-electron chi connectivity index (χ4n) is 1.72. The van der Waals surface area contributed by atoms with E-state index in [1.54, 1.807) is 0 Å². The Hall–Kier alpha value is -0.710. The summed E-state index contributed by atoms with van der Waals surface area (Å²) in [7, 11) is 0. The second kappa shape index (κ2) is 4.21. The number of aldehydes is 1. The first kappa shape index (κ1) is 9.83. The number of rotatable bonds is 3. The fourth-order valence-corrected chi connectivity index (χ4v) is 2.59. The molecule has 4 heteroatoms. The molecule has 0 amide bonds. The molecule has 2 heterocycles. The van der Waals surface area contributed by atoms with E-state index in [4.69, 9.17) is 0 Å². The molecule has 0 spiro atoms. The third kappa shape index (κ3) is 2.20. The Kier molecular flexibility index (Phi) is 2.96. The van der Waals surface area contributed by atoms with E-state index >= 15 is 0 Å². The Balaban J connectivity index is 1.93. The maximum absolute atomic E-state index is 10.5. The molecule has 2 rings (SSSR count). The predicted octanol–water partition coefficient (Wildman–Crippen LogP) is 1.13. The molecule has 1 aliphatic heterocycles. The molecule has 3 nitrogen and oxygen atoms in total. The summed E-state index contributed by atoms with van der Waals surface area (Å²) >= 11 is 1.53. The molecule has 1 aromatic heterocycles. The molecule has 0 radical (unpaired) electrons. The lowest BCUT2D eigenvalue weighted by molar-refractivity contribution is 0.112. The lowest BCUT2D eigenvalue weighted by atomic mass is 10.3. The molecule has 1 aromatic rings. The van der Waals surface area contributed by atoms with Crippen LogP contribution >= 0.6 is 11.3 Å². The van der Waals surface area contributed by atoms with Crippen molar-refractivity contribution in [2.24, 2.45) is 0 Å². The van der Waals surface area contributed by atoms with Gasteiger partial charge in [0.25, 0.3) is 0 Å². The third-order valence-electron chi connectivity index (χ3n) is 2.43. The number of aliphatic hydroxyl groups is 1. The molecule has 1 fully saturated rings. The van der Waals surface area contributed by atoms with Crippen molar-refractivity contribution in [1.29, 1.82) is 0 Å². The molecule has 1 saturated heterocycles. The maximum Gasteiger partial charge on any atom is 0.160 e. The molecule has 0 saturated carbocycles. The van der Waals surface area contributed by atoms with E-state index in [0.717, 1.165) is 37.2 Å². The zero-order valence-electron chi connectivity index (χ0n) is 7.85. The van der Waals surface area contributed by atoms with Crippen LogP contribution in [0.1, 0.15) is 21.0 Å². The summed E-state index contributed by atoms with van der Waals surface area (Å²) in [4.78, 5) is 14.7. The maximum atomic E-state index is 10.5. The number of hydrogen-bond acceptors (Lipinski definition) is 4. The number of thiophene rings is 1. The Morgan fingerprint density at radius 3 is 3.07 bits per heavy atom. The molecule has 1 N–H and O–H groups in total. The third-order valence-corrected chi connectivity index (χ3v) is 3.42. The smallest absolute Gasteiger partial charge is 0.160 e. The number of aliphatic hydroxyl groups excluding tert-OH is 1. The van der Waals surface area contributed by atoms with Gasteiger partial charge in [-0.3, -0.25) is 9.69 Å². The highest BCUT2D eigenvalue weighted by atomic mass is 32.1. The molecule has 0 bridgehead atoms. The number of β-amino-alcohol motifs (C(OH)–C–C–N with tert-alkyl or cyclic N) is 1. The highest BCUT2D eigenvalue weighted by Gasteiger charge is 2.20. The minimum absolute atomic E-state index is 0.166. The molecule has 0 aliphatic carbocycles. The van der Waals surface area contributed by atoms with Gasteiger partial charge in [0.2, 0.25) is 0 Å². The minimum Gasteiger partial charge on any atom is -0.392 e. The molecular formula is C10H13NO2S. The van der Waals surface area contributed by atoms with E-state index in [1.165, 1.54) is 16.2 Å². The van der Waals surface area contributed by atoms with Crippen LogP contribution in [0.2, 0.25) is 0 Å². The first-order valence-electron chi connectivity index (χ1n) is 4.72. The molecule has 0 aromatic carbocycles. The molecule has 76 valence electrons. The molecule has 14 heavy (non-hydrogen) atoms. The van der Waals surface area contributed by atoms with Crippen molar-refractivity contribution in [3.63, 3.8) is 0 Å². The first-order valence-corrected chi connectivity index (χ1v) is 5.54. The lowest BCUT2D eigenvalue weighted by Crippen LogP contribution is -2.20. The van der Waals surface area contributed by atoms with Crippen molar-refractivity contribution in [3.8, 4) is 0 Å². The van der Waals surface area contributed by atoms with E-state index in [0.29, 0.717) is 0 Å². The SMILES string of the molecule is O=Cc1ccc(CN2CCC(O)C2)s1. The summed E-state index contributed by atoms with van der Waals surface area (Å²) in [5.74, 6) is 0. The fraction of sp³-hybridized carbons (Fsp3) is 0.500. The van der Waals surface area contributed by atoms with Crippen LogP contribution in [0.3, 0.4) is 0 Å². The highest BCUT2D eigenvalue weighted by molar-refractivity contribution is 7.13. The Morgan fingerprint density at radius 2 is 2.50 bits per heavy atom. The monoisotopic (exact) mass is 211 g/mol. The topological polar surface area (TPSA) is 40.5 Å². The van der Waals surface area contributed by atoms with Crippen molar-refractivity contribution >= 4 is 17.6 Å². The minimum atomic E-state index is -0.166. The number of carbonyl (C=O) groups is 1. The Labute approximate surface area is 87.0 Å². The largest absolute Gasteiger partial charge is 0.392 e. The van der Waals surface area contributed by atoms with Crippen LogP contribution < -0.4 is 0 Å². The number of likely N-dealkylation sites (tertiary alicyclic amines) is 1. The van der Waals surface area contributed by atoms with Gasteiger partial charge in [-0.05, 0) is 18.6 Å². The van der Waals surface area contributed by atoms with E-state index in [9.17, 15) is 9.90 Å². The van der Waals surface area contributed by atoms with Crippen LogP contribution in [0.25, 0.3) is 0 Å². The normalized spacial score (nSPS) is 22.8. The van der Waals surface area contributed by atoms with Gasteiger partial charge in [-0.1, -0.05) is 0 Å². The summed E-state index contributed by atoms with van der Waals surface area (Å²) < 4.78 is 0. The quantitative estimate of drug-likeness (QED) is 0.762. The standard InChI is InChI=1S/C10H13NO2S/c12-7-10-2-1-9(14-10)6-11-4-3-8(13)5-11/h1-2,7-8,13H,3-6H2. The predicted molar refractivity (Wildman–Crippen MR) is 55.6 cm³/mol. The van der Waals surface area contributed by atoms with Crippen LogP contribution in [0, 0.1) is 0 Å². The average Bonchev–Trinajstić information content (AvgIpc) is 2.76. The summed E-state index contributed by atoms with van der Waals surface area (Å²) in [6.07, 6.45) is 1.58. The van der Waals surface area contributed by atoms with Crippen molar-refractivity contribution < 1.29 is 9.90 Å². The number of hydrogen-bond donors (Lipinski definition) is 1. The van der Waals surface area contributed by atoms with Gasteiger partial charge < -0.3 is 5.11 Å². The van der Waals surface area contributed by atoms with Crippen molar-refractivity contribution in [2.45, 2.75) is 19.1 Å². The van der Waals surface area contributed by atoms with Crippen LogP contribution in [-0.4, -0.2) is 35.5 Å². The van der Waals surface area contributed by atoms with E-state index < -0.39 is 0 Å². The van der Waals surface area contributed by atoms with Gasteiger partial charge in [0.15, 0.2) is 6.29 Å². The van der Waals surface area contributed by atoms with Gasteiger partial charge in [-0.15, -0.1) is 11.3 Å². The number of nitrogens with zero attached hydrogens (tertiary/aromatic N) is 1. The van der Waals surface area contributed by atoms with Gasteiger partial charge >= 0.3 is 0 Å². The first-order chi connectivity index (χ1) is 6.78. The summed E-state index contributed by atoms with van der Waals surface area (Å²) in [5.41, 5.74) is 0. The summed E-state index contributed by atoms with van der Waals surface area (Å²) in [6.45, 7) is 2.57. The van der Waals surface area contributed by atoms with Crippen LogP contribution in [0.5, 0.6) is 0 Å². The Morgan fingerprint density at radius 1 is 1.64 bits per heavy atom. The summed E-state index contributed by atoms with van der Waals surface area (Å²) in [6, 6.07) is 3.83. The van der Waals surface area contributed by atoms with E-state index in [1.807, 2.05) is 12.1 Å². The summed E-state index contributed by atoms with van der Waals surface area (Å²) in [5, 5.41) is 9.33. The molecule has 1 unspecified atom stereocenters. The molecule has 1 atom stereocenters. The number of carbonyl (C=O) groups excluding carboxylic acids is 1. The average molecular weight is 211 g/mol. The zero-order chi connectivity index (χ0) is 9.97. The molecule has 1 aliphatic rings. The van der Waals surface area contributed by atoms with Gasteiger partial charge in [-0.25, -0.2) is 0 Å². The van der Waals surface area contributed by atoms with Crippen LogP contribution in [0.4, 0.5) is 0 Å². The highest BCUT2D eigenvalue weighted by Crippen LogP contribution is 2.19. The van der Waals surface area contributed by atoms with Crippen molar-refractivity contribution in [2.75, 3.05) is 13.1 Å². The van der Waals surface area contributed by atoms with E-state index in [-0.39, 0.29) is 6.10 Å². The van der Waals surface area contributed by atoms with Crippen LogP contribution in [0.15, 0.2) is 12.1 Å². The Bertz CT molecular complexity index is 324. The van der Waals surface area contributed by atoms with Gasteiger partial charge in [0.1, 0.15) is 0 Å². The molecular weight excluding hydrogens is 198 g/mol. The van der Waals surface area contributed by atoms with E-state index in [2.05, 4.69) is 4.90 Å². The van der Waals surface area contributed by atoms with Crippen molar-refractivity contribution in [1.82, 2.24) is 4.90 Å². The second-order valence-corrected chi connectivity index (χ2v) is 4.80. The van der Waals surface area contributed by atoms with Crippen LogP contribution in [-0.2, 0) is 6.54 Å². The van der Waals surface area contributed by atoms with Crippen molar-refractivity contribution in [3.05, 3.63) is 21.9 Å². The zero-order valence-corrected chi connectivity index (χ0v) is 8.67. The van der Waals surface area contributed by atoms with Gasteiger partial charge in [-0.2, -0.15) is 0 Å². The lowest BCUT2D eigenvalue weighted by Gasteiger charge is -2.12. The second-order valence-electron chi connectivity index (χ2n) is 3.60.